The van der Waals surface area contributed by atoms with E-state index >= 15 is 0 Å². The van der Waals surface area contributed by atoms with Gasteiger partial charge in [-0.15, -0.1) is 0 Å². The summed E-state index contributed by atoms with van der Waals surface area (Å²) in [6.07, 6.45) is 0. The number of carbonyl (C=O) groups is 2. The minimum Gasteiger partial charge on any atom is -0.507 e. The molecule has 1 saturated heterocycles. The minimum absolute atomic E-state index is 0.0103. The van der Waals surface area contributed by atoms with Gasteiger partial charge in [0.15, 0.2) is 0 Å². The first-order chi connectivity index (χ1) is 17.4. The Bertz CT molecular complexity index is 1320. The molecule has 4 rings (SSSR count). The highest BCUT2D eigenvalue weighted by atomic mass is 79.9. The van der Waals surface area contributed by atoms with Gasteiger partial charge in [-0.1, -0.05) is 30.3 Å². The fourth-order valence-electron chi connectivity index (χ4n) is 4.29. The molecule has 1 heterocycles. The van der Waals surface area contributed by atoms with Gasteiger partial charge in [0.25, 0.3) is 11.7 Å². The average molecular weight is 552 g/mol. The SMILES string of the molecule is CCOc1ccc(C2/C(=C(/O)c3ccc(OC)c(Br)c3)C(=O)C(=O)N2Cc2ccccc2OC)cc1. The number of nitrogens with zero attached hydrogens (tertiary/aromatic N) is 1. The number of para-hydroxylation sites is 1. The normalized spacial score (nSPS) is 16.8. The Morgan fingerprint density at radius 3 is 2.31 bits per heavy atom. The number of halogens is 1. The van der Waals surface area contributed by atoms with E-state index in [4.69, 9.17) is 14.2 Å². The van der Waals surface area contributed by atoms with Crippen LogP contribution < -0.4 is 14.2 Å². The zero-order valence-electron chi connectivity index (χ0n) is 20.2. The number of aliphatic hydroxyl groups excluding tert-OH is 1. The van der Waals surface area contributed by atoms with E-state index in [-0.39, 0.29) is 17.9 Å². The number of carbonyl (C=O) groups excluding carboxylic acids is 2. The third-order valence-corrected chi connectivity index (χ3v) is 6.62. The maximum atomic E-state index is 13.3. The van der Waals surface area contributed by atoms with Crippen LogP contribution in [0.2, 0.25) is 0 Å². The molecule has 1 aliphatic rings. The quantitative estimate of drug-likeness (QED) is 0.226. The first-order valence-electron chi connectivity index (χ1n) is 11.4. The smallest absolute Gasteiger partial charge is 0.295 e. The highest BCUT2D eigenvalue weighted by molar-refractivity contribution is 9.10. The Kier molecular flexibility index (Phi) is 7.64. The van der Waals surface area contributed by atoms with E-state index in [0.717, 1.165) is 5.56 Å². The molecular weight excluding hydrogens is 526 g/mol. The van der Waals surface area contributed by atoms with Crippen LogP contribution in [0.4, 0.5) is 0 Å². The first-order valence-corrected chi connectivity index (χ1v) is 12.2. The summed E-state index contributed by atoms with van der Waals surface area (Å²) in [6, 6.07) is 18.6. The van der Waals surface area contributed by atoms with Gasteiger partial charge in [0.1, 0.15) is 23.0 Å². The molecule has 0 bridgehead atoms. The second kappa shape index (κ2) is 10.9. The van der Waals surface area contributed by atoms with Crippen LogP contribution in [0, 0.1) is 0 Å². The number of hydrogen-bond acceptors (Lipinski definition) is 6. The molecule has 8 heteroatoms. The predicted molar refractivity (Wildman–Crippen MR) is 139 cm³/mol. The van der Waals surface area contributed by atoms with E-state index in [1.165, 1.54) is 12.0 Å². The Balaban J connectivity index is 1.85. The van der Waals surface area contributed by atoms with Crippen LogP contribution in [0.5, 0.6) is 17.2 Å². The third kappa shape index (κ3) is 4.81. The molecule has 0 aromatic heterocycles. The van der Waals surface area contributed by atoms with Crippen molar-refractivity contribution in [1.29, 1.82) is 0 Å². The zero-order chi connectivity index (χ0) is 25.8. The molecule has 1 atom stereocenters. The van der Waals surface area contributed by atoms with Crippen molar-refractivity contribution in [3.63, 3.8) is 0 Å². The number of ether oxygens (including phenoxy) is 3. The number of amides is 1. The third-order valence-electron chi connectivity index (χ3n) is 6.01. The van der Waals surface area contributed by atoms with Crippen molar-refractivity contribution in [2.75, 3.05) is 20.8 Å². The molecule has 0 spiro atoms. The van der Waals surface area contributed by atoms with Crippen LogP contribution in [0.1, 0.15) is 29.7 Å². The molecule has 3 aromatic rings. The van der Waals surface area contributed by atoms with Crippen molar-refractivity contribution in [2.45, 2.75) is 19.5 Å². The highest BCUT2D eigenvalue weighted by Crippen LogP contribution is 2.42. The summed E-state index contributed by atoms with van der Waals surface area (Å²) in [6.45, 7) is 2.52. The van der Waals surface area contributed by atoms with Gasteiger partial charge in [0.05, 0.1) is 43.5 Å². The van der Waals surface area contributed by atoms with Gasteiger partial charge in [0, 0.05) is 11.1 Å². The lowest BCUT2D eigenvalue weighted by molar-refractivity contribution is -0.140. The summed E-state index contributed by atoms with van der Waals surface area (Å²) in [5.74, 6) is 0.123. The fourth-order valence-corrected chi connectivity index (χ4v) is 4.83. The Morgan fingerprint density at radius 2 is 1.67 bits per heavy atom. The Labute approximate surface area is 218 Å². The molecule has 0 radical (unpaired) electrons. The average Bonchev–Trinajstić information content (AvgIpc) is 3.14. The number of benzene rings is 3. The van der Waals surface area contributed by atoms with Crippen LogP contribution in [-0.4, -0.2) is 42.5 Å². The van der Waals surface area contributed by atoms with Gasteiger partial charge in [0.2, 0.25) is 0 Å². The van der Waals surface area contributed by atoms with E-state index < -0.39 is 17.7 Å². The number of aliphatic hydroxyl groups is 1. The molecule has 0 saturated carbocycles. The second-order valence-electron chi connectivity index (χ2n) is 8.09. The zero-order valence-corrected chi connectivity index (χ0v) is 21.7. The van der Waals surface area contributed by atoms with Crippen molar-refractivity contribution in [2.24, 2.45) is 0 Å². The van der Waals surface area contributed by atoms with Crippen molar-refractivity contribution in [3.8, 4) is 17.2 Å². The van der Waals surface area contributed by atoms with Crippen LogP contribution in [0.15, 0.2) is 76.8 Å². The van der Waals surface area contributed by atoms with Gasteiger partial charge in [-0.25, -0.2) is 0 Å². The molecule has 1 aliphatic heterocycles. The lowest BCUT2D eigenvalue weighted by Crippen LogP contribution is -2.29. The molecule has 1 N–H and O–H groups in total. The monoisotopic (exact) mass is 551 g/mol. The van der Waals surface area contributed by atoms with E-state index in [1.807, 2.05) is 25.1 Å². The summed E-state index contributed by atoms with van der Waals surface area (Å²) in [5, 5.41) is 11.3. The molecule has 1 fully saturated rings. The number of methoxy groups -OCH3 is 2. The summed E-state index contributed by atoms with van der Waals surface area (Å²) < 4.78 is 16.9. The van der Waals surface area contributed by atoms with Crippen molar-refractivity contribution in [1.82, 2.24) is 4.90 Å². The van der Waals surface area contributed by atoms with Crippen LogP contribution >= 0.6 is 15.9 Å². The van der Waals surface area contributed by atoms with Gasteiger partial charge in [-0.3, -0.25) is 9.59 Å². The topological polar surface area (TPSA) is 85.3 Å². The highest BCUT2D eigenvalue weighted by Gasteiger charge is 2.46. The van der Waals surface area contributed by atoms with Gasteiger partial charge >= 0.3 is 0 Å². The number of likely N-dealkylation sites (tertiary alicyclic amines) is 1. The Hall–Kier alpha value is -3.78. The van der Waals surface area contributed by atoms with E-state index in [1.54, 1.807) is 55.6 Å². The summed E-state index contributed by atoms with van der Waals surface area (Å²) in [4.78, 5) is 28.1. The maximum Gasteiger partial charge on any atom is 0.295 e. The molecule has 186 valence electrons. The number of ketones is 1. The Morgan fingerprint density at radius 1 is 0.972 bits per heavy atom. The predicted octanol–water partition coefficient (Wildman–Crippen LogP) is 5.49. The number of rotatable bonds is 8. The largest absolute Gasteiger partial charge is 0.507 e. The minimum atomic E-state index is -0.813. The fraction of sp³-hybridized carbons (Fsp3) is 0.214. The standard InChI is InChI=1S/C28H26BrNO6/c1-4-36-20-12-9-17(10-13-20)25-24(26(31)18-11-14-23(35-3)21(29)15-18)27(32)28(33)30(25)16-19-7-5-6-8-22(19)34-2/h5-15,25,31H,4,16H2,1-3H3/b26-24-. The number of hydrogen-bond donors (Lipinski definition) is 1. The molecule has 3 aromatic carbocycles. The molecule has 1 amide bonds. The van der Waals surface area contributed by atoms with E-state index in [0.29, 0.717) is 39.5 Å². The van der Waals surface area contributed by atoms with Crippen LogP contribution in [-0.2, 0) is 16.1 Å². The van der Waals surface area contributed by atoms with Crippen LogP contribution in [0.3, 0.4) is 0 Å². The second-order valence-corrected chi connectivity index (χ2v) is 8.94. The summed E-state index contributed by atoms with van der Waals surface area (Å²) in [5.41, 5.74) is 1.80. The summed E-state index contributed by atoms with van der Waals surface area (Å²) >= 11 is 3.42. The van der Waals surface area contributed by atoms with Gasteiger partial charge in [-0.05, 0) is 64.8 Å². The molecule has 1 unspecified atom stereocenters. The number of Topliss-reactive ketones (excluding diaryl/α,β-unsaturated/α-hetero) is 1. The van der Waals surface area contributed by atoms with Crippen molar-refractivity contribution in [3.05, 3.63) is 93.5 Å². The lowest BCUT2D eigenvalue weighted by Gasteiger charge is -2.26. The van der Waals surface area contributed by atoms with Crippen molar-refractivity contribution < 1.29 is 28.9 Å². The molecule has 36 heavy (non-hydrogen) atoms. The lowest BCUT2D eigenvalue weighted by atomic mass is 9.95. The first kappa shape index (κ1) is 25.3. The van der Waals surface area contributed by atoms with E-state index in [9.17, 15) is 14.7 Å². The molecule has 7 nitrogen and oxygen atoms in total. The summed E-state index contributed by atoms with van der Waals surface area (Å²) in [7, 11) is 3.09. The van der Waals surface area contributed by atoms with Gasteiger partial charge in [-0.2, -0.15) is 0 Å². The van der Waals surface area contributed by atoms with E-state index in [2.05, 4.69) is 15.9 Å². The molecular formula is C28H26BrNO6. The molecule has 0 aliphatic carbocycles. The van der Waals surface area contributed by atoms with Gasteiger partial charge < -0.3 is 24.2 Å². The van der Waals surface area contributed by atoms with Crippen LogP contribution in [0.25, 0.3) is 5.76 Å². The van der Waals surface area contributed by atoms with Crippen molar-refractivity contribution >= 4 is 33.4 Å². The maximum absolute atomic E-state index is 13.3.